The Morgan fingerprint density at radius 1 is 1.21 bits per heavy atom. The van der Waals surface area contributed by atoms with Crippen LogP contribution in [-0.4, -0.2) is 49.9 Å². The van der Waals surface area contributed by atoms with E-state index in [4.69, 9.17) is 9.47 Å². The summed E-state index contributed by atoms with van der Waals surface area (Å²) in [5.74, 6) is 0. The van der Waals surface area contributed by atoms with Crippen molar-refractivity contribution >= 4 is 17.8 Å². The minimum absolute atomic E-state index is 0.320. The third-order valence-electron chi connectivity index (χ3n) is 2.97. The molecule has 7 nitrogen and oxygen atoms in total. The number of urea groups is 1. The van der Waals surface area contributed by atoms with E-state index in [1.54, 1.807) is 20.2 Å². The van der Waals surface area contributed by atoms with Crippen LogP contribution in [0.1, 0.15) is 26.3 Å². The summed E-state index contributed by atoms with van der Waals surface area (Å²) in [5.41, 5.74) is 0.903. The number of methoxy groups -OCH3 is 1. The largest absolute Gasteiger partial charge is 0.444 e. The highest BCUT2D eigenvalue weighted by Gasteiger charge is 2.20. The van der Waals surface area contributed by atoms with Gasteiger partial charge in [0.25, 0.3) is 0 Å². The van der Waals surface area contributed by atoms with E-state index < -0.39 is 11.7 Å². The molecule has 1 aromatic rings. The molecule has 0 radical (unpaired) electrons. The number of hydrogen-bond acceptors (Lipinski definition) is 4. The smallest absolute Gasteiger partial charge is 0.410 e. The molecular formula is C17H27N3O4. The van der Waals surface area contributed by atoms with Gasteiger partial charge in [-0.15, -0.1) is 0 Å². The monoisotopic (exact) mass is 337 g/mol. The maximum atomic E-state index is 12.1. The number of para-hydroxylation sites is 1. The summed E-state index contributed by atoms with van der Waals surface area (Å²) in [7, 11) is 3.23. The zero-order chi connectivity index (χ0) is 18.2. The molecule has 0 heterocycles. The van der Waals surface area contributed by atoms with Crippen LogP contribution in [0, 0.1) is 0 Å². The number of hydrogen-bond donors (Lipinski definition) is 2. The van der Waals surface area contributed by atoms with E-state index in [-0.39, 0.29) is 6.03 Å². The van der Waals surface area contributed by atoms with Crippen LogP contribution in [-0.2, 0) is 16.0 Å². The predicted molar refractivity (Wildman–Crippen MR) is 93.0 cm³/mol. The van der Waals surface area contributed by atoms with E-state index >= 15 is 0 Å². The zero-order valence-electron chi connectivity index (χ0n) is 15.0. The molecular weight excluding hydrogens is 310 g/mol. The molecule has 0 bridgehead atoms. The van der Waals surface area contributed by atoms with Gasteiger partial charge in [-0.25, -0.2) is 9.59 Å². The van der Waals surface area contributed by atoms with Crippen LogP contribution in [0.3, 0.4) is 0 Å². The van der Waals surface area contributed by atoms with Gasteiger partial charge in [0, 0.05) is 26.4 Å². The Labute approximate surface area is 143 Å². The maximum absolute atomic E-state index is 12.1. The third kappa shape index (κ3) is 7.32. The summed E-state index contributed by atoms with van der Waals surface area (Å²) in [5, 5.41) is 5.46. The van der Waals surface area contributed by atoms with Gasteiger partial charge in [-0.05, 0) is 32.4 Å². The van der Waals surface area contributed by atoms with Gasteiger partial charge < -0.3 is 25.0 Å². The van der Waals surface area contributed by atoms with Crippen LogP contribution in [0.2, 0.25) is 0 Å². The first-order valence-corrected chi connectivity index (χ1v) is 7.78. The molecule has 1 aromatic carbocycles. The number of nitrogens with zero attached hydrogens (tertiary/aromatic N) is 1. The van der Waals surface area contributed by atoms with Crippen molar-refractivity contribution in [2.45, 2.75) is 32.9 Å². The molecule has 0 fully saturated rings. The summed E-state index contributed by atoms with van der Waals surface area (Å²) in [6, 6.07) is 6.99. The number of nitrogens with one attached hydrogen (secondary N) is 2. The molecule has 7 heteroatoms. The first-order chi connectivity index (χ1) is 11.2. The van der Waals surface area contributed by atoms with Crippen molar-refractivity contribution in [2.24, 2.45) is 0 Å². The summed E-state index contributed by atoms with van der Waals surface area (Å²) in [6.45, 7) is 6.64. The van der Waals surface area contributed by atoms with Crippen molar-refractivity contribution in [3.05, 3.63) is 29.8 Å². The molecule has 2 N–H and O–H groups in total. The van der Waals surface area contributed by atoms with Crippen molar-refractivity contribution in [2.75, 3.05) is 32.6 Å². The molecule has 134 valence electrons. The van der Waals surface area contributed by atoms with Crippen molar-refractivity contribution in [1.29, 1.82) is 0 Å². The minimum atomic E-state index is -0.551. The van der Waals surface area contributed by atoms with Gasteiger partial charge in [0.1, 0.15) is 5.60 Å². The molecule has 0 aromatic heterocycles. The average Bonchev–Trinajstić information content (AvgIpc) is 2.47. The molecule has 1 rings (SSSR count). The van der Waals surface area contributed by atoms with E-state index in [9.17, 15) is 9.59 Å². The van der Waals surface area contributed by atoms with Crippen molar-refractivity contribution in [3.8, 4) is 0 Å². The molecule has 0 aliphatic rings. The third-order valence-corrected chi connectivity index (χ3v) is 2.97. The second kappa shape index (κ2) is 9.12. The lowest BCUT2D eigenvalue weighted by Crippen LogP contribution is -2.34. The Morgan fingerprint density at radius 2 is 1.88 bits per heavy atom. The zero-order valence-corrected chi connectivity index (χ0v) is 15.0. The second-order valence-corrected chi connectivity index (χ2v) is 6.37. The fourth-order valence-electron chi connectivity index (χ4n) is 1.87. The van der Waals surface area contributed by atoms with Crippen LogP contribution >= 0.6 is 0 Å². The highest BCUT2D eigenvalue weighted by molar-refractivity contribution is 5.90. The summed E-state index contributed by atoms with van der Waals surface area (Å²) < 4.78 is 10.2. The number of carbonyl (C=O) groups is 2. The number of ether oxygens (including phenoxy) is 2. The highest BCUT2D eigenvalue weighted by atomic mass is 16.6. The summed E-state index contributed by atoms with van der Waals surface area (Å²) >= 11 is 0. The average molecular weight is 337 g/mol. The standard InChI is InChI=1S/C17H27N3O4/c1-17(2,3)24-16(22)20(4)12-13-8-6-7-9-14(13)19-15(21)18-10-11-23-5/h6-9H,10-12H2,1-5H3,(H2,18,19,21). The van der Waals surface area contributed by atoms with Crippen LogP contribution in [0.4, 0.5) is 15.3 Å². The van der Waals surface area contributed by atoms with Crippen molar-refractivity contribution in [1.82, 2.24) is 10.2 Å². The highest BCUT2D eigenvalue weighted by Crippen LogP contribution is 2.18. The quantitative estimate of drug-likeness (QED) is 0.782. The lowest BCUT2D eigenvalue weighted by Gasteiger charge is -2.25. The molecule has 0 saturated carbocycles. The minimum Gasteiger partial charge on any atom is -0.444 e. The fourth-order valence-corrected chi connectivity index (χ4v) is 1.87. The molecule has 0 aliphatic carbocycles. The SMILES string of the molecule is COCCNC(=O)Nc1ccccc1CN(C)C(=O)OC(C)(C)C. The van der Waals surface area contributed by atoms with Gasteiger partial charge >= 0.3 is 12.1 Å². The van der Waals surface area contributed by atoms with Crippen molar-refractivity contribution in [3.63, 3.8) is 0 Å². The van der Waals surface area contributed by atoms with Crippen LogP contribution < -0.4 is 10.6 Å². The predicted octanol–water partition coefficient (Wildman–Crippen LogP) is 2.82. The molecule has 3 amide bonds. The molecule has 0 unspecified atom stereocenters. The van der Waals surface area contributed by atoms with E-state index in [0.29, 0.717) is 25.4 Å². The summed E-state index contributed by atoms with van der Waals surface area (Å²) in [6.07, 6.45) is -0.415. The Balaban J connectivity index is 2.69. The molecule has 0 spiro atoms. The van der Waals surface area contributed by atoms with Crippen LogP contribution in [0.25, 0.3) is 0 Å². The number of benzene rings is 1. The van der Waals surface area contributed by atoms with Gasteiger partial charge in [-0.3, -0.25) is 0 Å². The van der Waals surface area contributed by atoms with E-state index in [1.165, 1.54) is 4.90 Å². The van der Waals surface area contributed by atoms with Crippen LogP contribution in [0.15, 0.2) is 24.3 Å². The number of rotatable bonds is 6. The molecule has 0 aliphatic heterocycles. The van der Waals surface area contributed by atoms with Gasteiger partial charge in [-0.1, -0.05) is 18.2 Å². The lowest BCUT2D eigenvalue weighted by atomic mass is 10.1. The topological polar surface area (TPSA) is 79.9 Å². The molecule has 0 atom stereocenters. The number of anilines is 1. The first kappa shape index (κ1) is 19.8. The Bertz CT molecular complexity index is 555. The van der Waals surface area contributed by atoms with Gasteiger partial charge in [0.05, 0.1) is 13.2 Å². The Morgan fingerprint density at radius 3 is 2.50 bits per heavy atom. The number of amides is 3. The second-order valence-electron chi connectivity index (χ2n) is 6.37. The van der Waals surface area contributed by atoms with Gasteiger partial charge in [-0.2, -0.15) is 0 Å². The number of carbonyl (C=O) groups excluding carboxylic acids is 2. The van der Waals surface area contributed by atoms with Crippen LogP contribution in [0.5, 0.6) is 0 Å². The van der Waals surface area contributed by atoms with Gasteiger partial charge in [0.2, 0.25) is 0 Å². The van der Waals surface area contributed by atoms with E-state index in [2.05, 4.69) is 10.6 Å². The van der Waals surface area contributed by atoms with Crippen molar-refractivity contribution < 1.29 is 19.1 Å². The lowest BCUT2D eigenvalue weighted by molar-refractivity contribution is 0.0285. The Kier molecular flexibility index (Phi) is 7.51. The molecule has 24 heavy (non-hydrogen) atoms. The first-order valence-electron chi connectivity index (χ1n) is 7.78. The maximum Gasteiger partial charge on any atom is 0.410 e. The van der Waals surface area contributed by atoms with Gasteiger partial charge in [0.15, 0.2) is 0 Å². The normalized spacial score (nSPS) is 10.9. The fraction of sp³-hybridized carbons (Fsp3) is 0.529. The summed E-state index contributed by atoms with van der Waals surface area (Å²) in [4.78, 5) is 25.4. The molecule has 0 saturated heterocycles. The van der Waals surface area contributed by atoms with E-state index in [0.717, 1.165) is 5.56 Å². The van der Waals surface area contributed by atoms with E-state index in [1.807, 2.05) is 39.0 Å². The Hall–Kier alpha value is -2.28.